The molecule has 0 saturated carbocycles. The van der Waals surface area contributed by atoms with E-state index < -0.39 is 6.04 Å². The number of nitrogens with one attached hydrogen (secondary N) is 2. The molecule has 0 saturated heterocycles. The number of amides is 2. The normalized spacial score (nSPS) is 11.9. The highest BCUT2D eigenvalue weighted by atomic mass is 79.9. The molecule has 0 heterocycles. The van der Waals surface area contributed by atoms with Gasteiger partial charge >= 0.3 is 0 Å². The Kier molecular flexibility index (Phi) is 6.15. The van der Waals surface area contributed by atoms with E-state index in [1.54, 1.807) is 24.3 Å². The van der Waals surface area contributed by atoms with Crippen molar-refractivity contribution >= 4 is 33.4 Å². The molecule has 4 nitrogen and oxygen atoms in total. The van der Waals surface area contributed by atoms with Crippen LogP contribution in [0.3, 0.4) is 0 Å². The molecule has 2 N–H and O–H groups in total. The molecule has 0 unspecified atom stereocenters. The fraction of sp³-hybridized carbons (Fsp3) is 0.263. The largest absolute Gasteiger partial charge is 0.340 e. The Morgan fingerprint density at radius 2 is 1.54 bits per heavy atom. The Labute approximate surface area is 150 Å². The van der Waals surface area contributed by atoms with Gasteiger partial charge in [-0.25, -0.2) is 0 Å². The summed E-state index contributed by atoms with van der Waals surface area (Å²) in [5.74, 6) is -0.519. The highest BCUT2D eigenvalue weighted by molar-refractivity contribution is 9.10. The number of halogens is 1. The minimum atomic E-state index is -0.609. The monoisotopic (exact) mass is 388 g/mol. The predicted molar refractivity (Wildman–Crippen MR) is 100 cm³/mol. The number of aryl methyl sites for hydroxylation is 1. The average molecular weight is 389 g/mol. The molecule has 24 heavy (non-hydrogen) atoms. The van der Waals surface area contributed by atoms with E-state index in [-0.39, 0.29) is 17.7 Å². The van der Waals surface area contributed by atoms with Gasteiger partial charge < -0.3 is 10.6 Å². The van der Waals surface area contributed by atoms with Gasteiger partial charge in [0.2, 0.25) is 5.91 Å². The van der Waals surface area contributed by atoms with Crippen molar-refractivity contribution < 1.29 is 9.59 Å². The van der Waals surface area contributed by atoms with Crippen molar-refractivity contribution in [1.29, 1.82) is 0 Å². The first-order valence-electron chi connectivity index (χ1n) is 7.81. The maximum Gasteiger partial charge on any atom is 0.251 e. The highest BCUT2D eigenvalue weighted by Gasteiger charge is 2.24. The minimum Gasteiger partial charge on any atom is -0.340 e. The lowest BCUT2D eigenvalue weighted by molar-refractivity contribution is -0.118. The van der Waals surface area contributed by atoms with Crippen LogP contribution in [0, 0.1) is 12.8 Å². The molecule has 0 aliphatic carbocycles. The van der Waals surface area contributed by atoms with E-state index in [0.717, 1.165) is 10.0 Å². The van der Waals surface area contributed by atoms with Crippen LogP contribution in [0.1, 0.15) is 29.8 Å². The molecule has 0 aliphatic heterocycles. The molecule has 0 aromatic heterocycles. The second-order valence-corrected chi connectivity index (χ2v) is 6.97. The van der Waals surface area contributed by atoms with E-state index in [1.807, 2.05) is 45.0 Å². The zero-order chi connectivity index (χ0) is 17.7. The molecule has 2 aromatic carbocycles. The van der Waals surface area contributed by atoms with E-state index >= 15 is 0 Å². The zero-order valence-electron chi connectivity index (χ0n) is 14.0. The summed E-state index contributed by atoms with van der Waals surface area (Å²) >= 11 is 3.34. The number of anilines is 1. The second-order valence-electron chi connectivity index (χ2n) is 6.06. The number of hydrogen-bond acceptors (Lipinski definition) is 2. The molecule has 0 radical (unpaired) electrons. The van der Waals surface area contributed by atoms with Crippen LogP contribution in [-0.2, 0) is 4.79 Å². The summed E-state index contributed by atoms with van der Waals surface area (Å²) in [4.78, 5) is 24.9. The van der Waals surface area contributed by atoms with Crippen LogP contribution in [0.15, 0.2) is 53.0 Å². The van der Waals surface area contributed by atoms with Gasteiger partial charge in [-0.1, -0.05) is 47.5 Å². The van der Waals surface area contributed by atoms with Crippen LogP contribution in [0.4, 0.5) is 5.69 Å². The molecule has 126 valence electrons. The van der Waals surface area contributed by atoms with Crippen LogP contribution in [0.5, 0.6) is 0 Å². The first kappa shape index (κ1) is 18.2. The third kappa shape index (κ3) is 4.93. The van der Waals surface area contributed by atoms with Crippen molar-refractivity contribution in [3.8, 4) is 0 Å². The molecule has 0 aliphatic rings. The molecule has 1 atom stereocenters. The smallest absolute Gasteiger partial charge is 0.251 e. The maximum absolute atomic E-state index is 12.5. The Balaban J connectivity index is 2.07. The number of hydrogen-bond donors (Lipinski definition) is 2. The number of carbonyl (C=O) groups excluding carboxylic acids is 2. The number of rotatable bonds is 5. The molecule has 0 fully saturated rings. The van der Waals surface area contributed by atoms with Gasteiger partial charge in [-0.3, -0.25) is 9.59 Å². The average Bonchev–Trinajstić information content (AvgIpc) is 2.54. The summed E-state index contributed by atoms with van der Waals surface area (Å²) in [6.45, 7) is 5.80. The molecule has 2 rings (SSSR count). The first-order chi connectivity index (χ1) is 11.4. The van der Waals surface area contributed by atoms with Crippen molar-refractivity contribution in [3.05, 3.63) is 64.1 Å². The molecular weight excluding hydrogens is 368 g/mol. The van der Waals surface area contributed by atoms with E-state index in [2.05, 4.69) is 26.6 Å². The molecular formula is C19H21BrN2O2. The third-order valence-electron chi connectivity index (χ3n) is 3.66. The van der Waals surface area contributed by atoms with Crippen molar-refractivity contribution in [1.82, 2.24) is 5.32 Å². The molecule has 5 heteroatoms. The fourth-order valence-corrected chi connectivity index (χ4v) is 2.48. The topological polar surface area (TPSA) is 58.2 Å². The molecule has 2 aromatic rings. The zero-order valence-corrected chi connectivity index (χ0v) is 15.6. The van der Waals surface area contributed by atoms with E-state index in [1.165, 1.54) is 0 Å². The van der Waals surface area contributed by atoms with Gasteiger partial charge in [-0.15, -0.1) is 0 Å². The van der Waals surface area contributed by atoms with Gasteiger partial charge in [-0.05, 0) is 49.2 Å². The summed E-state index contributed by atoms with van der Waals surface area (Å²) in [5, 5.41) is 5.67. The van der Waals surface area contributed by atoms with Crippen molar-refractivity contribution in [3.63, 3.8) is 0 Å². The maximum atomic E-state index is 12.5. The molecule has 2 amide bonds. The van der Waals surface area contributed by atoms with Crippen LogP contribution in [-0.4, -0.2) is 17.9 Å². The minimum absolute atomic E-state index is 0.0325. The lowest BCUT2D eigenvalue weighted by Crippen LogP contribution is -2.47. The van der Waals surface area contributed by atoms with Crippen LogP contribution < -0.4 is 10.6 Å². The Morgan fingerprint density at radius 1 is 0.958 bits per heavy atom. The third-order valence-corrected chi connectivity index (χ3v) is 4.19. The Bertz CT molecular complexity index is 709. The van der Waals surface area contributed by atoms with E-state index in [0.29, 0.717) is 11.3 Å². The van der Waals surface area contributed by atoms with Gasteiger partial charge in [0.25, 0.3) is 5.91 Å². The Morgan fingerprint density at radius 3 is 2.08 bits per heavy atom. The molecule has 0 spiro atoms. The number of carbonyl (C=O) groups is 2. The summed E-state index contributed by atoms with van der Waals surface area (Å²) in [7, 11) is 0. The molecule has 0 bridgehead atoms. The van der Waals surface area contributed by atoms with Gasteiger partial charge in [0.15, 0.2) is 0 Å². The second kappa shape index (κ2) is 8.11. The summed E-state index contributed by atoms with van der Waals surface area (Å²) in [6, 6.07) is 14.0. The number of benzene rings is 2. The van der Waals surface area contributed by atoms with Crippen LogP contribution in [0.25, 0.3) is 0 Å². The lowest BCUT2D eigenvalue weighted by Gasteiger charge is -2.22. The van der Waals surface area contributed by atoms with Gasteiger partial charge in [0.05, 0.1) is 0 Å². The van der Waals surface area contributed by atoms with E-state index in [4.69, 9.17) is 0 Å². The fourth-order valence-electron chi connectivity index (χ4n) is 2.22. The highest BCUT2D eigenvalue weighted by Crippen LogP contribution is 2.13. The van der Waals surface area contributed by atoms with Gasteiger partial charge in [0.1, 0.15) is 6.04 Å². The SMILES string of the molecule is Cc1ccc(NC(=O)[C@@H](NC(=O)c2ccc(Br)cc2)C(C)C)cc1. The first-order valence-corrected chi connectivity index (χ1v) is 8.60. The Hall–Kier alpha value is -2.14. The van der Waals surface area contributed by atoms with Crippen LogP contribution >= 0.6 is 15.9 Å². The predicted octanol–water partition coefficient (Wildman–Crippen LogP) is 4.15. The van der Waals surface area contributed by atoms with E-state index in [9.17, 15) is 9.59 Å². The quantitative estimate of drug-likeness (QED) is 0.807. The van der Waals surface area contributed by atoms with Crippen molar-refractivity contribution in [2.45, 2.75) is 26.8 Å². The van der Waals surface area contributed by atoms with Crippen LogP contribution in [0.2, 0.25) is 0 Å². The van der Waals surface area contributed by atoms with Crippen molar-refractivity contribution in [2.24, 2.45) is 5.92 Å². The summed E-state index contributed by atoms with van der Waals surface area (Å²) < 4.78 is 0.900. The summed E-state index contributed by atoms with van der Waals surface area (Å²) in [5.41, 5.74) is 2.36. The standard InChI is InChI=1S/C19H21BrN2O2/c1-12(2)17(19(24)21-16-10-4-13(3)5-11-16)22-18(23)14-6-8-15(20)9-7-14/h4-12,17H,1-3H3,(H,21,24)(H,22,23)/t17-/m0/s1. The van der Waals surface area contributed by atoms with Crippen molar-refractivity contribution in [2.75, 3.05) is 5.32 Å². The lowest BCUT2D eigenvalue weighted by atomic mass is 10.0. The van der Waals surface area contributed by atoms with Gasteiger partial charge in [-0.2, -0.15) is 0 Å². The summed E-state index contributed by atoms with van der Waals surface area (Å²) in [6.07, 6.45) is 0. The van der Waals surface area contributed by atoms with Gasteiger partial charge in [0, 0.05) is 15.7 Å².